The Balaban J connectivity index is 2.58. The number of esters is 1. The summed E-state index contributed by atoms with van der Waals surface area (Å²) in [5, 5.41) is 5.60. The number of amides is 1. The van der Waals surface area contributed by atoms with E-state index in [9.17, 15) is 9.59 Å². The molecular formula is C15H22N2O4. The van der Waals surface area contributed by atoms with E-state index >= 15 is 0 Å². The van der Waals surface area contributed by atoms with Crippen molar-refractivity contribution < 1.29 is 19.1 Å². The fourth-order valence-corrected chi connectivity index (χ4v) is 1.76. The molecule has 1 unspecified atom stereocenters. The average Bonchev–Trinajstić information content (AvgIpc) is 2.49. The molecule has 116 valence electrons. The Hall–Kier alpha value is -1.92. The molecule has 0 saturated heterocycles. The molecule has 0 saturated carbocycles. The third kappa shape index (κ3) is 6.37. The molecule has 0 aliphatic rings. The van der Waals surface area contributed by atoms with Crippen molar-refractivity contribution >= 4 is 11.9 Å². The summed E-state index contributed by atoms with van der Waals surface area (Å²) in [6.45, 7) is 2.96. The normalized spacial score (nSPS) is 11.7. The minimum absolute atomic E-state index is 0.0299. The van der Waals surface area contributed by atoms with Gasteiger partial charge in [0, 0.05) is 13.7 Å². The van der Waals surface area contributed by atoms with E-state index in [0.29, 0.717) is 19.8 Å². The van der Waals surface area contributed by atoms with Crippen LogP contribution in [0.25, 0.3) is 0 Å². The van der Waals surface area contributed by atoms with Crippen LogP contribution in [0.2, 0.25) is 0 Å². The van der Waals surface area contributed by atoms with E-state index in [1.54, 1.807) is 14.0 Å². The SMILES string of the molecule is CCOC(=O)C(NCC(=O)NCCOC)c1ccccc1. The summed E-state index contributed by atoms with van der Waals surface area (Å²) in [7, 11) is 1.57. The molecule has 6 heteroatoms. The molecule has 0 fully saturated rings. The van der Waals surface area contributed by atoms with Gasteiger partial charge in [-0.05, 0) is 12.5 Å². The maximum atomic E-state index is 12.0. The van der Waals surface area contributed by atoms with Gasteiger partial charge in [0.15, 0.2) is 0 Å². The lowest BCUT2D eigenvalue weighted by molar-refractivity contribution is -0.145. The van der Waals surface area contributed by atoms with Gasteiger partial charge in [0.2, 0.25) is 5.91 Å². The fourth-order valence-electron chi connectivity index (χ4n) is 1.76. The first kappa shape index (κ1) is 17.1. The van der Waals surface area contributed by atoms with Crippen LogP contribution in [-0.4, -0.2) is 45.3 Å². The Morgan fingerprint density at radius 1 is 1.24 bits per heavy atom. The quantitative estimate of drug-likeness (QED) is 0.516. The van der Waals surface area contributed by atoms with Gasteiger partial charge >= 0.3 is 5.97 Å². The van der Waals surface area contributed by atoms with E-state index in [1.165, 1.54) is 0 Å². The van der Waals surface area contributed by atoms with Gasteiger partial charge in [0.05, 0.1) is 19.8 Å². The number of ether oxygens (including phenoxy) is 2. The van der Waals surface area contributed by atoms with Crippen molar-refractivity contribution in [2.45, 2.75) is 13.0 Å². The summed E-state index contributed by atoms with van der Waals surface area (Å²) in [5.74, 6) is -0.592. The van der Waals surface area contributed by atoms with Crippen LogP contribution in [0.3, 0.4) is 0 Å². The number of carbonyl (C=O) groups is 2. The molecule has 0 radical (unpaired) electrons. The van der Waals surface area contributed by atoms with Crippen LogP contribution >= 0.6 is 0 Å². The number of nitrogens with one attached hydrogen (secondary N) is 2. The molecule has 0 aliphatic carbocycles. The number of hydrogen-bond acceptors (Lipinski definition) is 5. The monoisotopic (exact) mass is 294 g/mol. The van der Waals surface area contributed by atoms with Crippen LogP contribution in [-0.2, 0) is 19.1 Å². The molecule has 1 aromatic carbocycles. The Morgan fingerprint density at radius 3 is 2.57 bits per heavy atom. The number of rotatable bonds is 9. The smallest absolute Gasteiger partial charge is 0.327 e. The Labute approximate surface area is 124 Å². The molecule has 2 N–H and O–H groups in total. The summed E-state index contributed by atoms with van der Waals surface area (Å²) in [4.78, 5) is 23.6. The Bertz CT molecular complexity index is 437. The largest absolute Gasteiger partial charge is 0.465 e. The zero-order valence-electron chi connectivity index (χ0n) is 12.4. The van der Waals surface area contributed by atoms with Gasteiger partial charge in [-0.25, -0.2) is 4.79 Å². The Kier molecular flexibility index (Phi) is 8.08. The van der Waals surface area contributed by atoms with Crippen LogP contribution in [0, 0.1) is 0 Å². The number of hydrogen-bond donors (Lipinski definition) is 2. The maximum Gasteiger partial charge on any atom is 0.327 e. The second kappa shape index (κ2) is 9.90. The second-order valence-electron chi connectivity index (χ2n) is 4.32. The average molecular weight is 294 g/mol. The molecule has 0 bridgehead atoms. The van der Waals surface area contributed by atoms with Crippen molar-refractivity contribution in [1.29, 1.82) is 0 Å². The topological polar surface area (TPSA) is 76.7 Å². The van der Waals surface area contributed by atoms with Crippen molar-refractivity contribution in [3.63, 3.8) is 0 Å². The predicted octanol–water partition coefficient (Wildman–Crippen LogP) is 0.643. The van der Waals surface area contributed by atoms with Crippen LogP contribution < -0.4 is 10.6 Å². The minimum Gasteiger partial charge on any atom is -0.465 e. The molecule has 0 heterocycles. The second-order valence-corrected chi connectivity index (χ2v) is 4.32. The maximum absolute atomic E-state index is 12.0. The van der Waals surface area contributed by atoms with Crippen LogP contribution in [0.5, 0.6) is 0 Å². The third-order valence-electron chi connectivity index (χ3n) is 2.75. The molecule has 1 atom stereocenters. The standard InChI is InChI=1S/C15H22N2O4/c1-3-21-15(19)14(12-7-5-4-6-8-12)17-11-13(18)16-9-10-20-2/h4-8,14,17H,3,9-11H2,1-2H3,(H,16,18). The first-order valence-electron chi connectivity index (χ1n) is 6.89. The lowest BCUT2D eigenvalue weighted by Crippen LogP contribution is -2.39. The van der Waals surface area contributed by atoms with Gasteiger partial charge < -0.3 is 14.8 Å². The van der Waals surface area contributed by atoms with Crippen LogP contribution in [0.1, 0.15) is 18.5 Å². The molecule has 21 heavy (non-hydrogen) atoms. The van der Waals surface area contributed by atoms with E-state index in [0.717, 1.165) is 5.56 Å². The summed E-state index contributed by atoms with van der Waals surface area (Å²) in [6.07, 6.45) is 0. The number of carbonyl (C=O) groups excluding carboxylic acids is 2. The Morgan fingerprint density at radius 2 is 1.95 bits per heavy atom. The lowest BCUT2D eigenvalue weighted by atomic mass is 10.1. The zero-order valence-corrected chi connectivity index (χ0v) is 12.4. The first-order chi connectivity index (χ1) is 10.2. The predicted molar refractivity (Wildman–Crippen MR) is 78.7 cm³/mol. The van der Waals surface area contributed by atoms with E-state index in [1.807, 2.05) is 30.3 Å². The highest BCUT2D eigenvalue weighted by Crippen LogP contribution is 2.13. The van der Waals surface area contributed by atoms with Crippen LogP contribution in [0.4, 0.5) is 0 Å². The third-order valence-corrected chi connectivity index (χ3v) is 2.75. The van der Waals surface area contributed by atoms with Crippen molar-refractivity contribution in [2.24, 2.45) is 0 Å². The van der Waals surface area contributed by atoms with Crippen molar-refractivity contribution in [3.05, 3.63) is 35.9 Å². The first-order valence-corrected chi connectivity index (χ1v) is 6.89. The van der Waals surface area contributed by atoms with E-state index in [4.69, 9.17) is 9.47 Å². The molecular weight excluding hydrogens is 272 g/mol. The summed E-state index contributed by atoms with van der Waals surface area (Å²) >= 11 is 0. The molecule has 1 aromatic rings. The van der Waals surface area contributed by atoms with Gasteiger partial charge in [-0.2, -0.15) is 0 Å². The minimum atomic E-state index is -0.653. The zero-order chi connectivity index (χ0) is 15.5. The summed E-state index contributed by atoms with van der Waals surface area (Å²) < 4.78 is 9.88. The summed E-state index contributed by atoms with van der Waals surface area (Å²) in [6, 6.07) is 8.52. The van der Waals surface area contributed by atoms with Crippen LogP contribution in [0.15, 0.2) is 30.3 Å². The van der Waals surface area contributed by atoms with Gasteiger partial charge in [0.1, 0.15) is 6.04 Å². The van der Waals surface area contributed by atoms with Crippen molar-refractivity contribution in [3.8, 4) is 0 Å². The molecule has 0 aromatic heterocycles. The van der Waals surface area contributed by atoms with Crippen molar-refractivity contribution in [1.82, 2.24) is 10.6 Å². The highest BCUT2D eigenvalue weighted by molar-refractivity contribution is 5.81. The molecule has 0 spiro atoms. The van der Waals surface area contributed by atoms with E-state index in [2.05, 4.69) is 10.6 Å². The molecule has 1 amide bonds. The van der Waals surface area contributed by atoms with Gasteiger partial charge in [-0.1, -0.05) is 30.3 Å². The van der Waals surface area contributed by atoms with E-state index < -0.39 is 12.0 Å². The van der Waals surface area contributed by atoms with Gasteiger partial charge in [-0.3, -0.25) is 10.1 Å². The highest BCUT2D eigenvalue weighted by atomic mass is 16.5. The van der Waals surface area contributed by atoms with E-state index in [-0.39, 0.29) is 12.5 Å². The number of methoxy groups -OCH3 is 1. The number of benzene rings is 1. The lowest BCUT2D eigenvalue weighted by Gasteiger charge is -2.17. The highest BCUT2D eigenvalue weighted by Gasteiger charge is 2.21. The molecule has 0 aliphatic heterocycles. The van der Waals surface area contributed by atoms with Gasteiger partial charge in [0.25, 0.3) is 0 Å². The van der Waals surface area contributed by atoms with Crippen molar-refractivity contribution in [2.75, 3.05) is 33.4 Å². The van der Waals surface area contributed by atoms with Gasteiger partial charge in [-0.15, -0.1) is 0 Å². The molecule has 6 nitrogen and oxygen atoms in total. The summed E-state index contributed by atoms with van der Waals surface area (Å²) in [5.41, 5.74) is 0.764. The molecule has 1 rings (SSSR count). The fraction of sp³-hybridized carbons (Fsp3) is 0.467.